The fourth-order valence-corrected chi connectivity index (χ4v) is 3.04. The minimum Gasteiger partial charge on any atom is -0.270 e. The van der Waals surface area contributed by atoms with E-state index < -0.39 is 0 Å². The van der Waals surface area contributed by atoms with Gasteiger partial charge in [-0.3, -0.25) is 10.5 Å². The van der Waals surface area contributed by atoms with Crippen molar-refractivity contribution >= 4 is 34.5 Å². The maximum atomic E-state index is 6.08. The summed E-state index contributed by atoms with van der Waals surface area (Å²) in [5, 5.41) is 7.22. The molecule has 86 valence electrons. The van der Waals surface area contributed by atoms with Gasteiger partial charge in [0.25, 0.3) is 0 Å². The fourth-order valence-electron chi connectivity index (χ4n) is 1.54. The molecule has 2 rings (SSSR count). The Kier molecular flexibility index (Phi) is 3.51. The smallest absolute Gasteiger partial charge is 0.0999 e. The highest BCUT2D eigenvalue weighted by atomic mass is 35.5. The number of nitrogens with one attached hydrogen (secondary N) is 1. The lowest BCUT2D eigenvalue weighted by molar-refractivity contribution is 0.582. The average Bonchev–Trinajstić information content (AvgIpc) is 2.80. The summed E-state index contributed by atoms with van der Waals surface area (Å²) in [5.74, 6) is 5.56. The molecule has 16 heavy (non-hydrogen) atoms. The van der Waals surface area contributed by atoms with Crippen LogP contribution in [-0.4, -0.2) is 9.78 Å². The maximum Gasteiger partial charge on any atom is 0.0999 e. The molecule has 0 fully saturated rings. The second-order valence-electron chi connectivity index (χ2n) is 3.23. The Balaban J connectivity index is 2.49. The van der Waals surface area contributed by atoms with Gasteiger partial charge in [-0.2, -0.15) is 5.10 Å². The highest BCUT2D eigenvalue weighted by molar-refractivity contribution is 7.10. The Bertz CT molecular complexity index is 474. The van der Waals surface area contributed by atoms with E-state index in [9.17, 15) is 0 Å². The number of nitrogens with two attached hydrogens (primary N) is 1. The standard InChI is InChI=1S/C9H10Cl2N4S/c1-15-8(6(11)4-13-15)7(14-12)9-5(10)2-3-16-9/h2-4,7,14H,12H2,1H3. The highest BCUT2D eigenvalue weighted by Gasteiger charge is 2.22. The summed E-state index contributed by atoms with van der Waals surface area (Å²) in [6, 6.07) is 1.59. The Morgan fingerprint density at radius 1 is 1.50 bits per heavy atom. The van der Waals surface area contributed by atoms with Gasteiger partial charge in [0, 0.05) is 11.9 Å². The van der Waals surface area contributed by atoms with Crippen molar-refractivity contribution in [2.75, 3.05) is 0 Å². The molecule has 0 aliphatic carbocycles. The first kappa shape index (κ1) is 11.9. The van der Waals surface area contributed by atoms with Crippen LogP contribution >= 0.6 is 34.5 Å². The number of halogens is 2. The number of aromatic nitrogens is 2. The first-order valence-corrected chi connectivity index (χ1v) is 6.15. The van der Waals surface area contributed by atoms with Crippen LogP contribution in [0.25, 0.3) is 0 Å². The van der Waals surface area contributed by atoms with Crippen LogP contribution in [0.5, 0.6) is 0 Å². The SMILES string of the molecule is Cn1ncc(Cl)c1C(NN)c1sccc1Cl. The van der Waals surface area contributed by atoms with Crippen molar-refractivity contribution in [2.24, 2.45) is 12.9 Å². The van der Waals surface area contributed by atoms with E-state index in [1.54, 1.807) is 10.9 Å². The summed E-state index contributed by atoms with van der Waals surface area (Å²) in [7, 11) is 1.81. The van der Waals surface area contributed by atoms with E-state index in [2.05, 4.69) is 10.5 Å². The molecule has 0 aliphatic heterocycles. The summed E-state index contributed by atoms with van der Waals surface area (Å²) < 4.78 is 1.68. The summed E-state index contributed by atoms with van der Waals surface area (Å²) in [6.07, 6.45) is 1.59. The van der Waals surface area contributed by atoms with Gasteiger partial charge in [0.1, 0.15) is 0 Å². The molecule has 0 saturated carbocycles. The molecule has 0 aliphatic rings. The van der Waals surface area contributed by atoms with Crippen LogP contribution in [0.1, 0.15) is 16.6 Å². The molecule has 3 N–H and O–H groups in total. The molecule has 1 unspecified atom stereocenters. The van der Waals surface area contributed by atoms with Crippen molar-refractivity contribution < 1.29 is 0 Å². The molecule has 7 heteroatoms. The van der Waals surface area contributed by atoms with Crippen LogP contribution in [0.15, 0.2) is 17.6 Å². The van der Waals surface area contributed by atoms with Gasteiger partial charge >= 0.3 is 0 Å². The summed E-state index contributed by atoms with van der Waals surface area (Å²) >= 11 is 13.7. The normalized spacial score (nSPS) is 13.0. The van der Waals surface area contributed by atoms with E-state index in [-0.39, 0.29) is 6.04 Å². The van der Waals surface area contributed by atoms with Crippen LogP contribution < -0.4 is 11.3 Å². The number of aryl methyl sites for hydroxylation is 1. The molecule has 0 radical (unpaired) electrons. The van der Waals surface area contributed by atoms with E-state index in [1.807, 2.05) is 18.5 Å². The predicted octanol–water partition coefficient (Wildman–Crippen LogP) is 2.34. The minimum absolute atomic E-state index is 0.243. The molecule has 0 bridgehead atoms. The number of hydrazine groups is 1. The lowest BCUT2D eigenvalue weighted by atomic mass is 10.2. The second kappa shape index (κ2) is 4.73. The van der Waals surface area contributed by atoms with Crippen LogP contribution in [0.3, 0.4) is 0 Å². The Morgan fingerprint density at radius 2 is 2.25 bits per heavy atom. The van der Waals surface area contributed by atoms with E-state index >= 15 is 0 Å². The van der Waals surface area contributed by atoms with E-state index in [0.717, 1.165) is 10.6 Å². The lowest BCUT2D eigenvalue weighted by Gasteiger charge is -2.15. The van der Waals surface area contributed by atoms with Gasteiger partial charge < -0.3 is 0 Å². The third kappa shape index (κ3) is 1.97. The van der Waals surface area contributed by atoms with Crippen molar-refractivity contribution in [1.82, 2.24) is 15.2 Å². The van der Waals surface area contributed by atoms with Gasteiger partial charge in [0.15, 0.2) is 0 Å². The van der Waals surface area contributed by atoms with Crippen LogP contribution in [0.2, 0.25) is 10.0 Å². The van der Waals surface area contributed by atoms with Gasteiger partial charge in [-0.05, 0) is 11.4 Å². The number of nitrogens with zero attached hydrogens (tertiary/aromatic N) is 2. The zero-order valence-electron chi connectivity index (χ0n) is 8.45. The quantitative estimate of drug-likeness (QED) is 0.668. The molecule has 2 heterocycles. The predicted molar refractivity (Wildman–Crippen MR) is 66.7 cm³/mol. The first-order valence-electron chi connectivity index (χ1n) is 4.51. The number of hydrogen-bond acceptors (Lipinski definition) is 4. The molecule has 0 aromatic carbocycles. The number of thiophene rings is 1. The number of hydrogen-bond donors (Lipinski definition) is 2. The van der Waals surface area contributed by atoms with E-state index in [1.165, 1.54) is 11.3 Å². The summed E-state index contributed by atoms with van der Waals surface area (Å²) in [5.41, 5.74) is 3.51. The van der Waals surface area contributed by atoms with Crippen molar-refractivity contribution in [3.63, 3.8) is 0 Å². The largest absolute Gasteiger partial charge is 0.270 e. The van der Waals surface area contributed by atoms with Gasteiger partial charge in [-0.25, -0.2) is 5.43 Å². The monoisotopic (exact) mass is 276 g/mol. The van der Waals surface area contributed by atoms with Crippen molar-refractivity contribution in [2.45, 2.75) is 6.04 Å². The molecule has 4 nitrogen and oxygen atoms in total. The topological polar surface area (TPSA) is 55.9 Å². The fraction of sp³-hybridized carbons (Fsp3) is 0.222. The second-order valence-corrected chi connectivity index (χ2v) is 5.00. The van der Waals surface area contributed by atoms with Crippen molar-refractivity contribution in [3.8, 4) is 0 Å². The summed E-state index contributed by atoms with van der Waals surface area (Å²) in [6.45, 7) is 0. The van der Waals surface area contributed by atoms with E-state index in [4.69, 9.17) is 29.0 Å². The van der Waals surface area contributed by atoms with Gasteiger partial charge in [0.2, 0.25) is 0 Å². The zero-order chi connectivity index (χ0) is 11.7. The molecule has 0 spiro atoms. The summed E-state index contributed by atoms with van der Waals surface area (Å²) in [4.78, 5) is 0.926. The Morgan fingerprint density at radius 3 is 2.69 bits per heavy atom. The average molecular weight is 277 g/mol. The molecule has 2 aromatic rings. The molecule has 0 amide bonds. The zero-order valence-corrected chi connectivity index (χ0v) is 10.8. The highest BCUT2D eigenvalue weighted by Crippen LogP contribution is 2.34. The molecular formula is C9H10Cl2N4S. The van der Waals surface area contributed by atoms with Gasteiger partial charge in [-0.1, -0.05) is 23.2 Å². The first-order chi connectivity index (χ1) is 7.65. The van der Waals surface area contributed by atoms with Gasteiger partial charge in [-0.15, -0.1) is 11.3 Å². The minimum atomic E-state index is -0.243. The number of rotatable bonds is 3. The molecule has 1 atom stereocenters. The molecular weight excluding hydrogens is 267 g/mol. The maximum absolute atomic E-state index is 6.08. The third-order valence-corrected chi connectivity index (χ3v) is 4.00. The van der Waals surface area contributed by atoms with Crippen LogP contribution in [0.4, 0.5) is 0 Å². The lowest BCUT2D eigenvalue weighted by Crippen LogP contribution is -2.30. The molecule has 0 saturated heterocycles. The van der Waals surface area contributed by atoms with Crippen LogP contribution in [0, 0.1) is 0 Å². The Hall–Kier alpha value is -0.590. The Labute approximate surface area is 107 Å². The van der Waals surface area contributed by atoms with Crippen molar-refractivity contribution in [3.05, 3.63) is 38.3 Å². The molecule has 2 aromatic heterocycles. The van der Waals surface area contributed by atoms with E-state index in [0.29, 0.717) is 10.0 Å². The van der Waals surface area contributed by atoms with Gasteiger partial charge in [0.05, 0.1) is 28.0 Å². The third-order valence-electron chi connectivity index (χ3n) is 2.28. The van der Waals surface area contributed by atoms with Crippen molar-refractivity contribution in [1.29, 1.82) is 0 Å². The van der Waals surface area contributed by atoms with Crippen LogP contribution in [-0.2, 0) is 7.05 Å².